The molecule has 1 atom stereocenters. The van der Waals surface area contributed by atoms with E-state index in [1.807, 2.05) is 49.7 Å². The molecule has 0 spiro atoms. The first kappa shape index (κ1) is 19.6. The third-order valence-electron chi connectivity index (χ3n) is 4.84. The van der Waals surface area contributed by atoms with Gasteiger partial charge >= 0.3 is 0 Å². The number of aromatic nitrogens is 2. The Kier molecular flexibility index (Phi) is 5.37. The maximum Gasteiger partial charge on any atom is 0.235 e. The predicted molar refractivity (Wildman–Crippen MR) is 118 cm³/mol. The number of thioether (sulfide) groups is 1. The van der Waals surface area contributed by atoms with Crippen LogP contribution in [0.4, 0.5) is 5.82 Å². The number of carbonyl (C=O) groups excluding carboxylic acids is 1. The Balaban J connectivity index is 1.77. The molecule has 0 bridgehead atoms. The van der Waals surface area contributed by atoms with Crippen molar-refractivity contribution in [2.45, 2.75) is 39.0 Å². The van der Waals surface area contributed by atoms with E-state index in [1.165, 1.54) is 5.56 Å². The molecule has 1 aromatic heterocycles. The number of nitrogens with one attached hydrogen (secondary N) is 1. The monoisotopic (exact) mass is 407 g/mol. The summed E-state index contributed by atoms with van der Waals surface area (Å²) in [6.07, 6.45) is 0.136. The van der Waals surface area contributed by atoms with Crippen LogP contribution in [0.15, 0.2) is 48.5 Å². The lowest BCUT2D eigenvalue weighted by molar-refractivity contribution is -0.113. The fourth-order valence-corrected chi connectivity index (χ4v) is 4.70. The maximum atomic E-state index is 12.5. The molecule has 1 aliphatic rings. The van der Waals surface area contributed by atoms with Gasteiger partial charge in [0.1, 0.15) is 11.6 Å². The zero-order chi connectivity index (χ0) is 20.5. The summed E-state index contributed by atoms with van der Waals surface area (Å²) >= 11 is 1.63. The van der Waals surface area contributed by atoms with Crippen molar-refractivity contribution in [3.8, 4) is 11.4 Å². The van der Waals surface area contributed by atoms with Crippen LogP contribution in [-0.2, 0) is 4.79 Å². The van der Waals surface area contributed by atoms with Gasteiger partial charge in [-0.15, -0.1) is 11.8 Å². The first-order valence-corrected chi connectivity index (χ1v) is 10.8. The van der Waals surface area contributed by atoms with E-state index in [2.05, 4.69) is 36.5 Å². The highest BCUT2D eigenvalue weighted by atomic mass is 32.2. The smallest absolute Gasteiger partial charge is 0.235 e. The number of fused-ring (bicyclic) bond motifs is 1. The standard InChI is InChI=1S/C23H25N3O2S/c1-14(2)28-19-11-7-17(8-12-19)22-21-16(4)25-26(18-9-5-15(3)6-10-18)23(21)24-20(27)13-29-22/h5-12,14,22H,13H2,1-4H3,(H,24,27)/t22-/m1/s1. The van der Waals surface area contributed by atoms with Crippen LogP contribution in [0.2, 0.25) is 0 Å². The molecular weight excluding hydrogens is 382 g/mol. The van der Waals surface area contributed by atoms with Gasteiger partial charge in [-0.3, -0.25) is 4.79 Å². The molecule has 0 aliphatic carbocycles. The Morgan fingerprint density at radius 1 is 1.10 bits per heavy atom. The molecule has 150 valence electrons. The lowest BCUT2D eigenvalue weighted by atomic mass is 10.0. The number of benzene rings is 2. The average Bonchev–Trinajstić information content (AvgIpc) is 2.89. The minimum absolute atomic E-state index is 0.00762. The van der Waals surface area contributed by atoms with Gasteiger partial charge in [-0.25, -0.2) is 4.68 Å². The Bertz CT molecular complexity index is 1020. The first-order valence-electron chi connectivity index (χ1n) is 9.77. The quantitative estimate of drug-likeness (QED) is 0.657. The highest BCUT2D eigenvalue weighted by Crippen LogP contribution is 2.44. The molecule has 6 heteroatoms. The zero-order valence-corrected chi connectivity index (χ0v) is 17.9. The van der Waals surface area contributed by atoms with E-state index in [1.54, 1.807) is 11.8 Å². The maximum absolute atomic E-state index is 12.5. The van der Waals surface area contributed by atoms with Gasteiger partial charge in [-0.05, 0) is 57.5 Å². The summed E-state index contributed by atoms with van der Waals surface area (Å²) in [4.78, 5) is 12.5. The number of carbonyl (C=O) groups is 1. The van der Waals surface area contributed by atoms with Gasteiger partial charge in [0, 0.05) is 5.56 Å². The van der Waals surface area contributed by atoms with Gasteiger partial charge in [0.15, 0.2) is 0 Å². The summed E-state index contributed by atoms with van der Waals surface area (Å²) in [5.41, 5.74) is 5.23. The van der Waals surface area contributed by atoms with E-state index in [0.29, 0.717) is 5.75 Å². The number of hydrogen-bond acceptors (Lipinski definition) is 4. The van der Waals surface area contributed by atoms with E-state index in [0.717, 1.165) is 34.1 Å². The normalized spacial score (nSPS) is 16.3. The fraction of sp³-hybridized carbons (Fsp3) is 0.304. The molecule has 0 unspecified atom stereocenters. The molecule has 1 aliphatic heterocycles. The molecule has 0 radical (unpaired) electrons. The molecule has 2 heterocycles. The topological polar surface area (TPSA) is 56.2 Å². The van der Waals surface area contributed by atoms with Gasteiger partial charge in [-0.2, -0.15) is 5.10 Å². The molecule has 3 aromatic rings. The molecular formula is C23H25N3O2S. The number of hydrogen-bond donors (Lipinski definition) is 1. The predicted octanol–water partition coefficient (Wildman–Crippen LogP) is 5.05. The van der Waals surface area contributed by atoms with Crippen LogP contribution < -0.4 is 10.1 Å². The summed E-state index contributed by atoms with van der Waals surface area (Å²) in [5, 5.41) is 7.87. The molecule has 4 rings (SSSR count). The van der Waals surface area contributed by atoms with E-state index in [-0.39, 0.29) is 17.3 Å². The van der Waals surface area contributed by atoms with Crippen molar-refractivity contribution in [2.75, 3.05) is 11.1 Å². The van der Waals surface area contributed by atoms with Crippen molar-refractivity contribution in [3.63, 3.8) is 0 Å². The number of aryl methyl sites for hydroxylation is 2. The van der Waals surface area contributed by atoms with Gasteiger partial charge in [0.2, 0.25) is 5.91 Å². The molecule has 5 nitrogen and oxygen atoms in total. The molecule has 2 aromatic carbocycles. The summed E-state index contributed by atoms with van der Waals surface area (Å²) in [5.74, 6) is 2.00. The van der Waals surface area contributed by atoms with Gasteiger partial charge < -0.3 is 10.1 Å². The number of rotatable bonds is 4. The lowest BCUT2D eigenvalue weighted by Crippen LogP contribution is -2.15. The van der Waals surface area contributed by atoms with Crippen LogP contribution in [-0.4, -0.2) is 27.5 Å². The Labute approximate surface area is 175 Å². The molecule has 29 heavy (non-hydrogen) atoms. The van der Waals surface area contributed by atoms with Crippen LogP contribution >= 0.6 is 11.8 Å². The summed E-state index contributed by atoms with van der Waals surface area (Å²) < 4.78 is 7.62. The Morgan fingerprint density at radius 2 is 1.79 bits per heavy atom. The molecule has 0 saturated heterocycles. The first-order chi connectivity index (χ1) is 13.9. The SMILES string of the molecule is Cc1ccc(-n2nc(C)c3c2NC(=O)CS[C@@H]3c2ccc(OC(C)C)cc2)cc1. The lowest BCUT2D eigenvalue weighted by Gasteiger charge is -2.16. The molecule has 1 N–H and O–H groups in total. The van der Waals surface area contributed by atoms with Crippen LogP contribution in [0, 0.1) is 13.8 Å². The third kappa shape index (κ3) is 4.03. The summed E-state index contributed by atoms with van der Waals surface area (Å²) in [6, 6.07) is 16.3. The van der Waals surface area contributed by atoms with E-state index in [9.17, 15) is 4.79 Å². The van der Waals surface area contributed by atoms with Crippen molar-refractivity contribution in [1.29, 1.82) is 0 Å². The van der Waals surface area contributed by atoms with Crippen molar-refractivity contribution < 1.29 is 9.53 Å². The second-order valence-electron chi connectivity index (χ2n) is 7.57. The Hall–Kier alpha value is -2.73. The summed E-state index contributed by atoms with van der Waals surface area (Å²) in [6.45, 7) is 8.09. The van der Waals surface area contributed by atoms with Crippen LogP contribution in [0.5, 0.6) is 5.75 Å². The van der Waals surface area contributed by atoms with E-state index < -0.39 is 0 Å². The molecule has 1 amide bonds. The highest BCUT2D eigenvalue weighted by molar-refractivity contribution is 8.00. The van der Waals surface area contributed by atoms with E-state index >= 15 is 0 Å². The fourth-order valence-electron chi connectivity index (χ4n) is 3.51. The molecule has 0 saturated carbocycles. The molecule has 0 fully saturated rings. The van der Waals surface area contributed by atoms with Crippen molar-refractivity contribution in [1.82, 2.24) is 9.78 Å². The van der Waals surface area contributed by atoms with Crippen molar-refractivity contribution in [3.05, 3.63) is 70.9 Å². The number of ether oxygens (including phenoxy) is 1. The van der Waals surface area contributed by atoms with E-state index in [4.69, 9.17) is 9.84 Å². The van der Waals surface area contributed by atoms with Gasteiger partial charge in [-0.1, -0.05) is 29.8 Å². The van der Waals surface area contributed by atoms with Crippen molar-refractivity contribution >= 4 is 23.5 Å². The second-order valence-corrected chi connectivity index (χ2v) is 8.66. The van der Waals surface area contributed by atoms with Crippen LogP contribution in [0.1, 0.15) is 41.5 Å². The van der Waals surface area contributed by atoms with Gasteiger partial charge in [0.25, 0.3) is 0 Å². The minimum Gasteiger partial charge on any atom is -0.491 e. The van der Waals surface area contributed by atoms with Crippen LogP contribution in [0.25, 0.3) is 5.69 Å². The average molecular weight is 408 g/mol. The number of nitrogens with zero attached hydrogens (tertiary/aromatic N) is 2. The zero-order valence-electron chi connectivity index (χ0n) is 17.1. The summed E-state index contributed by atoms with van der Waals surface area (Å²) in [7, 11) is 0. The Morgan fingerprint density at radius 3 is 2.45 bits per heavy atom. The number of amides is 1. The highest BCUT2D eigenvalue weighted by Gasteiger charge is 2.30. The number of anilines is 1. The van der Waals surface area contributed by atoms with Crippen molar-refractivity contribution in [2.24, 2.45) is 0 Å². The van der Waals surface area contributed by atoms with Gasteiger partial charge in [0.05, 0.1) is 28.5 Å². The largest absolute Gasteiger partial charge is 0.491 e. The second kappa shape index (κ2) is 7.95. The third-order valence-corrected chi connectivity index (χ3v) is 6.11. The minimum atomic E-state index is -0.00762. The van der Waals surface area contributed by atoms with Crippen LogP contribution in [0.3, 0.4) is 0 Å².